The molecule has 0 aliphatic carbocycles. The second-order valence-electron chi connectivity index (χ2n) is 6.40. The van der Waals surface area contributed by atoms with Crippen molar-refractivity contribution in [3.8, 4) is 0 Å². The van der Waals surface area contributed by atoms with E-state index < -0.39 is 9.84 Å². The van der Waals surface area contributed by atoms with Crippen LogP contribution in [0.2, 0.25) is 0 Å². The molecular formula is C18H30N4O2S. The molecule has 1 unspecified atom stereocenters. The molecule has 0 amide bonds. The van der Waals surface area contributed by atoms with Crippen LogP contribution < -0.4 is 10.6 Å². The summed E-state index contributed by atoms with van der Waals surface area (Å²) in [7, 11) is -1.18. The average molecular weight is 367 g/mol. The van der Waals surface area contributed by atoms with Crippen molar-refractivity contribution >= 4 is 15.8 Å². The van der Waals surface area contributed by atoms with Gasteiger partial charge in [0.1, 0.15) is 0 Å². The third-order valence-corrected chi connectivity index (χ3v) is 6.42. The van der Waals surface area contributed by atoms with Gasteiger partial charge >= 0.3 is 0 Å². The summed E-state index contributed by atoms with van der Waals surface area (Å²) in [5.74, 6) is 1.10. The van der Waals surface area contributed by atoms with Crippen LogP contribution in [-0.4, -0.2) is 57.0 Å². The Bertz CT molecular complexity index is 684. The van der Waals surface area contributed by atoms with Gasteiger partial charge in [0.15, 0.2) is 15.8 Å². The highest BCUT2D eigenvalue weighted by atomic mass is 32.2. The van der Waals surface area contributed by atoms with Crippen molar-refractivity contribution in [3.63, 3.8) is 0 Å². The fourth-order valence-corrected chi connectivity index (χ4v) is 4.72. The topological polar surface area (TPSA) is 73.8 Å². The molecule has 7 heteroatoms. The maximum Gasteiger partial charge on any atom is 0.191 e. The molecule has 1 aromatic rings. The van der Waals surface area contributed by atoms with Gasteiger partial charge in [-0.05, 0) is 30.6 Å². The molecule has 0 radical (unpaired) electrons. The van der Waals surface area contributed by atoms with Gasteiger partial charge in [-0.1, -0.05) is 38.1 Å². The van der Waals surface area contributed by atoms with Crippen molar-refractivity contribution in [2.75, 3.05) is 31.6 Å². The molecule has 1 heterocycles. The zero-order valence-electron chi connectivity index (χ0n) is 15.5. The Hall–Kier alpha value is -1.60. The number of hydrogen-bond acceptors (Lipinski definition) is 4. The third kappa shape index (κ3) is 6.01. The van der Waals surface area contributed by atoms with E-state index in [-0.39, 0.29) is 17.5 Å². The maximum absolute atomic E-state index is 11.6. The first-order chi connectivity index (χ1) is 12.0. The molecule has 1 aliphatic heterocycles. The predicted molar refractivity (Wildman–Crippen MR) is 103 cm³/mol. The van der Waals surface area contributed by atoms with E-state index in [1.54, 1.807) is 7.05 Å². The van der Waals surface area contributed by atoms with Gasteiger partial charge in [-0.15, -0.1) is 0 Å². The number of sulfone groups is 1. The van der Waals surface area contributed by atoms with E-state index in [1.165, 1.54) is 11.1 Å². The fourth-order valence-electron chi connectivity index (χ4n) is 3.05. The highest BCUT2D eigenvalue weighted by Gasteiger charge is 2.28. The highest BCUT2D eigenvalue weighted by Crippen LogP contribution is 2.13. The van der Waals surface area contributed by atoms with Crippen LogP contribution in [0.1, 0.15) is 31.4 Å². The minimum Gasteiger partial charge on any atom is -0.353 e. The van der Waals surface area contributed by atoms with E-state index in [2.05, 4.69) is 52.6 Å². The Kier molecular flexibility index (Phi) is 7.25. The summed E-state index contributed by atoms with van der Waals surface area (Å²) in [4.78, 5) is 6.61. The monoisotopic (exact) mass is 366 g/mol. The van der Waals surface area contributed by atoms with E-state index in [9.17, 15) is 8.42 Å². The van der Waals surface area contributed by atoms with Crippen LogP contribution in [0.5, 0.6) is 0 Å². The SMILES string of the molecule is CCN(CC)Cc1ccccc1CNC(=NC)NC1CCS(=O)(=O)C1. The van der Waals surface area contributed by atoms with Gasteiger partial charge in [0.05, 0.1) is 11.5 Å². The molecule has 2 N–H and O–H groups in total. The molecular weight excluding hydrogens is 336 g/mol. The first-order valence-corrected chi connectivity index (χ1v) is 10.8. The molecule has 140 valence electrons. The number of hydrogen-bond donors (Lipinski definition) is 2. The normalized spacial score (nSPS) is 20.0. The van der Waals surface area contributed by atoms with Gasteiger partial charge < -0.3 is 10.6 Å². The maximum atomic E-state index is 11.6. The van der Waals surface area contributed by atoms with Crippen LogP contribution in [0.25, 0.3) is 0 Å². The second kappa shape index (κ2) is 9.20. The van der Waals surface area contributed by atoms with E-state index >= 15 is 0 Å². The summed E-state index contributed by atoms with van der Waals surface area (Å²) in [6.45, 7) is 7.99. The number of aliphatic imine (C=N–C) groups is 1. The predicted octanol–water partition coefficient (Wildman–Crippen LogP) is 1.38. The molecule has 0 bridgehead atoms. The molecule has 0 aromatic heterocycles. The number of nitrogens with one attached hydrogen (secondary N) is 2. The lowest BCUT2D eigenvalue weighted by atomic mass is 10.1. The van der Waals surface area contributed by atoms with Crippen molar-refractivity contribution in [3.05, 3.63) is 35.4 Å². The van der Waals surface area contributed by atoms with Crippen LogP contribution in [0.3, 0.4) is 0 Å². The smallest absolute Gasteiger partial charge is 0.191 e. The first-order valence-electron chi connectivity index (χ1n) is 8.94. The number of rotatable bonds is 7. The summed E-state index contributed by atoms with van der Waals surface area (Å²) in [5, 5.41) is 6.54. The standard InChI is InChI=1S/C18H30N4O2S/c1-4-22(5-2)13-16-9-7-6-8-15(16)12-20-18(19-3)21-17-10-11-25(23,24)14-17/h6-9,17H,4-5,10-14H2,1-3H3,(H2,19,20,21). The van der Waals surface area contributed by atoms with Gasteiger partial charge in [0.2, 0.25) is 0 Å². The van der Waals surface area contributed by atoms with Crippen molar-refractivity contribution < 1.29 is 8.42 Å². The van der Waals surface area contributed by atoms with Crippen LogP contribution in [-0.2, 0) is 22.9 Å². The second-order valence-corrected chi connectivity index (χ2v) is 8.63. The zero-order valence-corrected chi connectivity index (χ0v) is 16.3. The summed E-state index contributed by atoms with van der Waals surface area (Å²) < 4.78 is 23.2. The van der Waals surface area contributed by atoms with E-state index in [0.29, 0.717) is 18.9 Å². The van der Waals surface area contributed by atoms with E-state index in [4.69, 9.17) is 0 Å². The molecule has 1 saturated heterocycles. The lowest BCUT2D eigenvalue weighted by molar-refractivity contribution is 0.295. The van der Waals surface area contributed by atoms with Gasteiger partial charge in [-0.3, -0.25) is 9.89 Å². The summed E-state index contributed by atoms with van der Waals surface area (Å²) in [6.07, 6.45) is 0.640. The Morgan fingerprint density at radius 2 is 1.92 bits per heavy atom. The number of benzene rings is 1. The molecule has 1 aromatic carbocycles. The lowest BCUT2D eigenvalue weighted by Gasteiger charge is -2.21. The van der Waals surface area contributed by atoms with Crippen LogP contribution in [0, 0.1) is 0 Å². The first kappa shape index (κ1) is 19.7. The highest BCUT2D eigenvalue weighted by molar-refractivity contribution is 7.91. The van der Waals surface area contributed by atoms with Crippen molar-refractivity contribution in [1.29, 1.82) is 0 Å². The lowest BCUT2D eigenvalue weighted by Crippen LogP contribution is -2.43. The minimum atomic E-state index is -2.89. The van der Waals surface area contributed by atoms with Gasteiger partial charge in [-0.25, -0.2) is 8.42 Å². The molecule has 1 aliphatic rings. The Morgan fingerprint density at radius 1 is 1.24 bits per heavy atom. The number of nitrogens with zero attached hydrogens (tertiary/aromatic N) is 2. The van der Waals surface area contributed by atoms with Crippen LogP contribution >= 0.6 is 0 Å². The third-order valence-electron chi connectivity index (χ3n) is 4.65. The van der Waals surface area contributed by atoms with Crippen LogP contribution in [0.15, 0.2) is 29.3 Å². The molecule has 1 fully saturated rings. The summed E-state index contributed by atoms with van der Waals surface area (Å²) in [5.41, 5.74) is 2.54. The molecule has 2 rings (SSSR count). The fraction of sp³-hybridized carbons (Fsp3) is 0.611. The summed E-state index contributed by atoms with van der Waals surface area (Å²) in [6, 6.07) is 8.34. The minimum absolute atomic E-state index is 0.0536. The van der Waals surface area contributed by atoms with Crippen LogP contribution in [0.4, 0.5) is 0 Å². The van der Waals surface area contributed by atoms with Gasteiger partial charge in [0, 0.05) is 26.2 Å². The molecule has 0 spiro atoms. The van der Waals surface area contributed by atoms with Crippen molar-refractivity contribution in [2.24, 2.45) is 4.99 Å². The molecule has 25 heavy (non-hydrogen) atoms. The average Bonchev–Trinajstić information content (AvgIpc) is 2.95. The van der Waals surface area contributed by atoms with Gasteiger partial charge in [0.25, 0.3) is 0 Å². The molecule has 0 saturated carbocycles. The summed E-state index contributed by atoms with van der Waals surface area (Å²) >= 11 is 0. The van der Waals surface area contributed by atoms with Crippen molar-refractivity contribution in [2.45, 2.75) is 39.4 Å². The quantitative estimate of drug-likeness (QED) is 0.563. The molecule has 6 nitrogen and oxygen atoms in total. The van der Waals surface area contributed by atoms with Crippen molar-refractivity contribution in [1.82, 2.24) is 15.5 Å². The Labute approximate surface area is 151 Å². The number of guanidine groups is 1. The zero-order chi connectivity index (χ0) is 18.3. The Balaban J connectivity index is 1.95. The Morgan fingerprint density at radius 3 is 2.48 bits per heavy atom. The van der Waals surface area contributed by atoms with Gasteiger partial charge in [-0.2, -0.15) is 0 Å². The van der Waals surface area contributed by atoms with E-state index in [0.717, 1.165) is 19.6 Å². The largest absolute Gasteiger partial charge is 0.353 e. The molecule has 1 atom stereocenters. The van der Waals surface area contributed by atoms with E-state index in [1.807, 2.05) is 6.07 Å².